The zero-order chi connectivity index (χ0) is 7.56. The average Bonchev–Trinajstić information content (AvgIpc) is 1.94. The molecule has 0 atom stereocenters. The molecule has 54 valence electrons. The lowest BCUT2D eigenvalue weighted by molar-refractivity contribution is 0.281. The van der Waals surface area contributed by atoms with E-state index in [9.17, 15) is 0 Å². The van der Waals surface area contributed by atoms with Crippen LogP contribution in [0.5, 0.6) is 0 Å². The van der Waals surface area contributed by atoms with Crippen LogP contribution in [-0.2, 0) is 6.61 Å². The van der Waals surface area contributed by atoms with E-state index in [1.165, 1.54) is 0 Å². The number of aryl methyl sites for hydroxylation is 1. The molecule has 10 heavy (non-hydrogen) atoms. The van der Waals surface area contributed by atoms with Crippen LogP contribution in [0, 0.1) is 6.92 Å². The van der Waals surface area contributed by atoms with Gasteiger partial charge in [-0.15, -0.1) is 0 Å². The van der Waals surface area contributed by atoms with Gasteiger partial charge in [0.1, 0.15) is 5.15 Å². The first-order valence-corrected chi connectivity index (χ1v) is 3.33. The molecule has 1 aromatic heterocycles. The lowest BCUT2D eigenvalue weighted by atomic mass is 10.2. The molecule has 1 N–H and O–H groups in total. The third-order valence-electron chi connectivity index (χ3n) is 1.35. The van der Waals surface area contributed by atoms with E-state index in [1.807, 2.05) is 6.92 Å². The highest BCUT2D eigenvalue weighted by atomic mass is 35.5. The Morgan fingerprint density at radius 3 is 2.90 bits per heavy atom. The fraction of sp³-hybridized carbons (Fsp3) is 0.286. The van der Waals surface area contributed by atoms with Crippen molar-refractivity contribution >= 4 is 11.6 Å². The van der Waals surface area contributed by atoms with Crippen molar-refractivity contribution in [1.29, 1.82) is 0 Å². The minimum Gasteiger partial charge on any atom is -0.392 e. The molecule has 0 aliphatic rings. The maximum absolute atomic E-state index is 8.76. The first kappa shape index (κ1) is 7.51. The molecule has 0 aliphatic carbocycles. The van der Waals surface area contributed by atoms with Gasteiger partial charge in [-0.3, -0.25) is 0 Å². The van der Waals surface area contributed by atoms with E-state index in [1.54, 1.807) is 12.3 Å². The highest BCUT2D eigenvalue weighted by molar-refractivity contribution is 6.29. The Kier molecular flexibility index (Phi) is 2.25. The van der Waals surface area contributed by atoms with Crippen LogP contribution in [0.15, 0.2) is 12.3 Å². The third-order valence-corrected chi connectivity index (χ3v) is 1.56. The van der Waals surface area contributed by atoms with Gasteiger partial charge in [0.15, 0.2) is 0 Å². The van der Waals surface area contributed by atoms with Gasteiger partial charge in [-0.2, -0.15) is 0 Å². The smallest absolute Gasteiger partial charge is 0.129 e. The fourth-order valence-electron chi connectivity index (χ4n) is 0.707. The lowest BCUT2D eigenvalue weighted by Crippen LogP contribution is -1.89. The van der Waals surface area contributed by atoms with Crippen molar-refractivity contribution in [2.75, 3.05) is 0 Å². The summed E-state index contributed by atoms with van der Waals surface area (Å²) < 4.78 is 0. The minimum absolute atomic E-state index is 0.0219. The third kappa shape index (κ3) is 1.46. The van der Waals surface area contributed by atoms with Crippen LogP contribution in [0.25, 0.3) is 0 Å². The van der Waals surface area contributed by atoms with E-state index in [0.717, 1.165) is 11.1 Å². The normalized spacial score (nSPS) is 9.90. The molecule has 0 unspecified atom stereocenters. The quantitative estimate of drug-likeness (QED) is 0.628. The Balaban J connectivity index is 3.09. The van der Waals surface area contributed by atoms with E-state index >= 15 is 0 Å². The highest BCUT2D eigenvalue weighted by Crippen LogP contribution is 2.11. The van der Waals surface area contributed by atoms with Crippen molar-refractivity contribution in [2.45, 2.75) is 13.5 Å². The van der Waals surface area contributed by atoms with Crippen molar-refractivity contribution < 1.29 is 5.11 Å². The molecule has 1 rings (SSSR count). The van der Waals surface area contributed by atoms with Crippen LogP contribution in [0.2, 0.25) is 5.15 Å². The number of hydrogen-bond donors (Lipinski definition) is 1. The van der Waals surface area contributed by atoms with E-state index < -0.39 is 0 Å². The molecule has 0 radical (unpaired) electrons. The number of aromatic nitrogens is 1. The Hall–Kier alpha value is -0.600. The molecule has 2 nitrogen and oxygen atoms in total. The van der Waals surface area contributed by atoms with Gasteiger partial charge in [-0.05, 0) is 24.1 Å². The summed E-state index contributed by atoms with van der Waals surface area (Å²) in [7, 11) is 0. The summed E-state index contributed by atoms with van der Waals surface area (Å²) in [5.74, 6) is 0. The van der Waals surface area contributed by atoms with Crippen molar-refractivity contribution in [3.05, 3.63) is 28.5 Å². The SMILES string of the molecule is Cc1cnc(Cl)cc1CO. The number of aliphatic hydroxyl groups is 1. The summed E-state index contributed by atoms with van der Waals surface area (Å²) in [5, 5.41) is 9.18. The second-order valence-corrected chi connectivity index (χ2v) is 2.48. The highest BCUT2D eigenvalue weighted by Gasteiger charge is 1.96. The summed E-state index contributed by atoms with van der Waals surface area (Å²) in [6, 6.07) is 1.66. The van der Waals surface area contributed by atoms with Crippen molar-refractivity contribution in [1.82, 2.24) is 4.98 Å². The van der Waals surface area contributed by atoms with Gasteiger partial charge in [0, 0.05) is 6.20 Å². The van der Waals surface area contributed by atoms with Gasteiger partial charge in [0.2, 0.25) is 0 Å². The lowest BCUT2D eigenvalue weighted by Gasteiger charge is -1.99. The molecule has 0 bridgehead atoms. The first-order chi connectivity index (χ1) is 4.74. The molecule has 0 amide bonds. The Bertz CT molecular complexity index is 237. The number of rotatable bonds is 1. The van der Waals surface area contributed by atoms with Crippen molar-refractivity contribution in [3.8, 4) is 0 Å². The van der Waals surface area contributed by atoms with Crippen LogP contribution in [-0.4, -0.2) is 10.1 Å². The van der Waals surface area contributed by atoms with Crippen molar-refractivity contribution in [2.24, 2.45) is 0 Å². The largest absolute Gasteiger partial charge is 0.392 e. The second-order valence-electron chi connectivity index (χ2n) is 2.09. The topological polar surface area (TPSA) is 33.1 Å². The number of hydrogen-bond acceptors (Lipinski definition) is 2. The standard InChI is InChI=1S/C7H8ClNO/c1-5-3-9-7(8)2-6(5)4-10/h2-3,10H,4H2,1H3. The van der Waals surface area contributed by atoms with Crippen molar-refractivity contribution in [3.63, 3.8) is 0 Å². The van der Waals surface area contributed by atoms with Gasteiger partial charge in [0.25, 0.3) is 0 Å². The number of aliphatic hydroxyl groups excluding tert-OH is 1. The maximum Gasteiger partial charge on any atom is 0.129 e. The van der Waals surface area contributed by atoms with Gasteiger partial charge >= 0.3 is 0 Å². The summed E-state index contributed by atoms with van der Waals surface area (Å²) in [6.45, 7) is 1.91. The predicted octanol–water partition coefficient (Wildman–Crippen LogP) is 1.54. The van der Waals surface area contributed by atoms with Gasteiger partial charge < -0.3 is 5.11 Å². The fourth-order valence-corrected chi connectivity index (χ4v) is 0.887. The molecule has 0 aromatic carbocycles. The molecule has 0 saturated heterocycles. The summed E-state index contributed by atoms with van der Waals surface area (Å²) in [4.78, 5) is 3.84. The van der Waals surface area contributed by atoms with Gasteiger partial charge in [-0.1, -0.05) is 11.6 Å². The van der Waals surface area contributed by atoms with Gasteiger partial charge in [-0.25, -0.2) is 4.98 Å². The summed E-state index contributed by atoms with van der Waals surface area (Å²) >= 11 is 5.57. The van der Waals surface area contributed by atoms with E-state index in [4.69, 9.17) is 16.7 Å². The Labute approximate surface area is 64.5 Å². The molecule has 1 aromatic rings. The molecule has 0 spiro atoms. The zero-order valence-corrected chi connectivity index (χ0v) is 6.39. The Morgan fingerprint density at radius 1 is 1.70 bits per heavy atom. The minimum atomic E-state index is 0.0219. The summed E-state index contributed by atoms with van der Waals surface area (Å²) in [6.07, 6.45) is 1.65. The number of halogens is 1. The molecular weight excluding hydrogens is 150 g/mol. The molecule has 0 aliphatic heterocycles. The first-order valence-electron chi connectivity index (χ1n) is 2.96. The van der Waals surface area contributed by atoms with E-state index in [2.05, 4.69) is 4.98 Å². The van der Waals surface area contributed by atoms with Crippen LogP contribution < -0.4 is 0 Å². The van der Waals surface area contributed by atoms with Gasteiger partial charge in [0.05, 0.1) is 6.61 Å². The summed E-state index contributed by atoms with van der Waals surface area (Å²) in [5.41, 5.74) is 1.80. The van der Waals surface area contributed by atoms with Crippen LogP contribution in [0.1, 0.15) is 11.1 Å². The molecule has 3 heteroatoms. The Morgan fingerprint density at radius 2 is 2.40 bits per heavy atom. The number of pyridine rings is 1. The van der Waals surface area contributed by atoms with Crippen LogP contribution in [0.3, 0.4) is 0 Å². The van der Waals surface area contributed by atoms with E-state index in [-0.39, 0.29) is 6.61 Å². The zero-order valence-electron chi connectivity index (χ0n) is 5.63. The molecule has 0 saturated carbocycles. The number of nitrogens with zero attached hydrogens (tertiary/aromatic N) is 1. The second kappa shape index (κ2) is 2.99. The van der Waals surface area contributed by atoms with Crippen LogP contribution in [0.4, 0.5) is 0 Å². The van der Waals surface area contributed by atoms with Crippen LogP contribution >= 0.6 is 11.6 Å². The average molecular weight is 158 g/mol. The maximum atomic E-state index is 8.76. The molecular formula is C7H8ClNO. The monoisotopic (exact) mass is 157 g/mol. The molecule has 1 heterocycles. The molecule has 0 fully saturated rings. The predicted molar refractivity (Wildman–Crippen MR) is 39.9 cm³/mol. The van der Waals surface area contributed by atoms with E-state index in [0.29, 0.717) is 5.15 Å².